The Bertz CT molecular complexity index is 786. The van der Waals surface area contributed by atoms with Crippen LogP contribution in [0.3, 0.4) is 0 Å². The van der Waals surface area contributed by atoms with E-state index in [4.69, 9.17) is 0 Å². The number of carbonyl (C=O) groups is 2. The van der Waals surface area contributed by atoms with Crippen LogP contribution in [0, 0.1) is 12.8 Å². The summed E-state index contributed by atoms with van der Waals surface area (Å²) in [5.74, 6) is 1.46. The third-order valence-electron chi connectivity index (χ3n) is 4.79. The van der Waals surface area contributed by atoms with Crippen LogP contribution in [0.5, 0.6) is 0 Å². The molecule has 0 bridgehead atoms. The highest BCUT2D eigenvalue weighted by molar-refractivity contribution is 6.00. The Balaban J connectivity index is 1.47. The minimum atomic E-state index is -0.284. The zero-order chi connectivity index (χ0) is 16.7. The Morgan fingerprint density at radius 2 is 1.96 bits per heavy atom. The fraction of sp³-hybridized carbons (Fsp3) is 0.412. The number of fused-ring (bicyclic) bond motifs is 1. The lowest BCUT2D eigenvalue weighted by molar-refractivity contribution is -0.137. The molecule has 1 unspecified atom stereocenters. The van der Waals surface area contributed by atoms with Crippen LogP contribution in [0.15, 0.2) is 30.3 Å². The topological polar surface area (TPSA) is 71.3 Å². The van der Waals surface area contributed by atoms with E-state index in [-0.39, 0.29) is 24.2 Å². The van der Waals surface area contributed by atoms with Crippen LogP contribution in [-0.4, -0.2) is 44.6 Å². The number of hydrogen-bond acceptors (Lipinski definition) is 4. The number of aromatic nitrogens is 3. The van der Waals surface area contributed by atoms with Gasteiger partial charge in [-0.1, -0.05) is 18.2 Å². The molecule has 4 rings (SSSR count). The van der Waals surface area contributed by atoms with E-state index in [0.29, 0.717) is 26.2 Å². The van der Waals surface area contributed by atoms with E-state index in [1.165, 1.54) is 0 Å². The number of amides is 2. The summed E-state index contributed by atoms with van der Waals surface area (Å²) in [6, 6.07) is 9.52. The van der Waals surface area contributed by atoms with Gasteiger partial charge in [0.05, 0.1) is 12.5 Å². The van der Waals surface area contributed by atoms with Crippen molar-refractivity contribution in [2.45, 2.75) is 26.4 Å². The predicted molar refractivity (Wildman–Crippen MR) is 87.1 cm³/mol. The Hall–Kier alpha value is -2.70. The summed E-state index contributed by atoms with van der Waals surface area (Å²) in [7, 11) is 0. The number of hydrogen-bond donors (Lipinski definition) is 0. The van der Waals surface area contributed by atoms with Crippen LogP contribution < -0.4 is 4.90 Å². The summed E-state index contributed by atoms with van der Waals surface area (Å²) in [5.41, 5.74) is 0.854. The maximum Gasteiger partial charge on any atom is 0.228 e. The molecule has 7 heteroatoms. The third-order valence-corrected chi connectivity index (χ3v) is 4.79. The maximum atomic E-state index is 12.8. The highest BCUT2D eigenvalue weighted by Gasteiger charge is 2.38. The largest absolute Gasteiger partial charge is 0.333 e. The molecule has 0 radical (unpaired) electrons. The van der Waals surface area contributed by atoms with Crippen molar-refractivity contribution >= 4 is 17.5 Å². The van der Waals surface area contributed by atoms with Gasteiger partial charge in [0.25, 0.3) is 0 Å². The molecule has 0 spiro atoms. The molecule has 1 fully saturated rings. The van der Waals surface area contributed by atoms with E-state index in [9.17, 15) is 9.59 Å². The summed E-state index contributed by atoms with van der Waals surface area (Å²) in [5, 5.41) is 8.20. The molecule has 2 aliphatic rings. The molecule has 0 N–H and O–H groups in total. The first-order valence-electron chi connectivity index (χ1n) is 8.16. The third kappa shape index (κ3) is 2.46. The van der Waals surface area contributed by atoms with Gasteiger partial charge in [0.15, 0.2) is 5.82 Å². The van der Waals surface area contributed by atoms with Crippen molar-refractivity contribution in [1.29, 1.82) is 0 Å². The molecule has 2 amide bonds. The Kier molecular flexibility index (Phi) is 3.55. The van der Waals surface area contributed by atoms with Crippen LogP contribution in [0.2, 0.25) is 0 Å². The van der Waals surface area contributed by atoms with E-state index in [1.807, 2.05) is 41.8 Å². The molecule has 24 heavy (non-hydrogen) atoms. The molecule has 1 aromatic carbocycles. The van der Waals surface area contributed by atoms with Crippen molar-refractivity contribution in [2.24, 2.45) is 5.92 Å². The summed E-state index contributed by atoms with van der Waals surface area (Å²) >= 11 is 0. The van der Waals surface area contributed by atoms with Crippen molar-refractivity contribution < 1.29 is 9.59 Å². The van der Waals surface area contributed by atoms with Crippen molar-refractivity contribution in [3.63, 3.8) is 0 Å². The number of benzene rings is 1. The molecular weight excluding hydrogens is 306 g/mol. The molecule has 3 heterocycles. The lowest BCUT2D eigenvalue weighted by Gasteiger charge is -2.29. The number of nitrogens with zero attached hydrogens (tertiary/aromatic N) is 5. The molecule has 2 aliphatic heterocycles. The van der Waals surface area contributed by atoms with Crippen LogP contribution in [0.1, 0.15) is 18.1 Å². The van der Waals surface area contributed by atoms with E-state index in [1.54, 1.807) is 9.80 Å². The van der Waals surface area contributed by atoms with Gasteiger partial charge in [0.2, 0.25) is 11.8 Å². The van der Waals surface area contributed by atoms with E-state index < -0.39 is 0 Å². The van der Waals surface area contributed by atoms with Crippen LogP contribution in [-0.2, 0) is 22.7 Å². The van der Waals surface area contributed by atoms with Gasteiger partial charge in [-0.05, 0) is 19.1 Å². The Labute approximate surface area is 139 Å². The van der Waals surface area contributed by atoms with Crippen LogP contribution in [0.4, 0.5) is 5.69 Å². The number of anilines is 1. The molecule has 124 valence electrons. The summed E-state index contributed by atoms with van der Waals surface area (Å²) in [4.78, 5) is 28.6. The summed E-state index contributed by atoms with van der Waals surface area (Å²) in [6.07, 6.45) is 0.274. The van der Waals surface area contributed by atoms with Gasteiger partial charge in [0, 0.05) is 31.7 Å². The lowest BCUT2D eigenvalue weighted by Crippen LogP contribution is -2.42. The van der Waals surface area contributed by atoms with Gasteiger partial charge in [-0.2, -0.15) is 0 Å². The van der Waals surface area contributed by atoms with E-state index >= 15 is 0 Å². The highest BCUT2D eigenvalue weighted by atomic mass is 16.2. The highest BCUT2D eigenvalue weighted by Crippen LogP contribution is 2.27. The molecular formula is C17H19N5O2. The fourth-order valence-corrected chi connectivity index (χ4v) is 3.48. The number of rotatable bonds is 2. The molecule has 1 atom stereocenters. The van der Waals surface area contributed by atoms with Crippen molar-refractivity contribution in [3.05, 3.63) is 42.0 Å². The summed E-state index contributed by atoms with van der Waals surface area (Å²) < 4.78 is 2.04. The second-order valence-electron chi connectivity index (χ2n) is 6.32. The minimum absolute atomic E-state index is 0.00979. The first-order chi connectivity index (χ1) is 11.6. The minimum Gasteiger partial charge on any atom is -0.333 e. The summed E-state index contributed by atoms with van der Waals surface area (Å²) in [6.45, 7) is 4.19. The number of carbonyl (C=O) groups excluding carboxylic acids is 2. The lowest BCUT2D eigenvalue weighted by atomic mass is 10.1. The average molecular weight is 325 g/mol. The number of para-hydroxylation sites is 1. The van der Waals surface area contributed by atoms with Crippen LogP contribution >= 0.6 is 0 Å². The molecule has 0 aliphatic carbocycles. The van der Waals surface area contributed by atoms with Crippen molar-refractivity contribution in [1.82, 2.24) is 19.7 Å². The second kappa shape index (κ2) is 5.74. The normalized spacial score (nSPS) is 20.4. The van der Waals surface area contributed by atoms with E-state index in [2.05, 4.69) is 10.2 Å². The zero-order valence-corrected chi connectivity index (χ0v) is 13.6. The van der Waals surface area contributed by atoms with Gasteiger partial charge in [-0.25, -0.2) is 0 Å². The standard InChI is InChI=1S/C17H19N5O2/c1-12-18-19-15-11-20(7-8-21(12)15)17(24)13-9-16(23)22(10-13)14-5-3-2-4-6-14/h2-6,13H,7-11H2,1H3. The van der Waals surface area contributed by atoms with E-state index in [0.717, 1.165) is 17.3 Å². The first-order valence-corrected chi connectivity index (χ1v) is 8.16. The van der Waals surface area contributed by atoms with Gasteiger partial charge in [-0.3, -0.25) is 9.59 Å². The van der Waals surface area contributed by atoms with Crippen molar-refractivity contribution in [3.8, 4) is 0 Å². The van der Waals surface area contributed by atoms with Gasteiger partial charge < -0.3 is 14.4 Å². The molecule has 7 nitrogen and oxygen atoms in total. The second-order valence-corrected chi connectivity index (χ2v) is 6.32. The molecule has 1 saturated heterocycles. The fourth-order valence-electron chi connectivity index (χ4n) is 3.48. The predicted octanol–water partition coefficient (Wildman–Crippen LogP) is 0.982. The van der Waals surface area contributed by atoms with Crippen molar-refractivity contribution in [2.75, 3.05) is 18.0 Å². The zero-order valence-electron chi connectivity index (χ0n) is 13.6. The van der Waals surface area contributed by atoms with Gasteiger partial charge >= 0.3 is 0 Å². The first kappa shape index (κ1) is 14.9. The van der Waals surface area contributed by atoms with Crippen LogP contribution in [0.25, 0.3) is 0 Å². The van der Waals surface area contributed by atoms with Gasteiger partial charge in [0.1, 0.15) is 5.82 Å². The molecule has 0 saturated carbocycles. The SMILES string of the molecule is Cc1nnc2n1CCN(C(=O)C1CC(=O)N(c3ccccc3)C1)C2. The Morgan fingerprint density at radius 3 is 2.75 bits per heavy atom. The average Bonchev–Trinajstić information content (AvgIpc) is 3.18. The molecule has 1 aromatic heterocycles. The number of aryl methyl sites for hydroxylation is 1. The monoisotopic (exact) mass is 325 g/mol. The maximum absolute atomic E-state index is 12.8. The van der Waals surface area contributed by atoms with Gasteiger partial charge in [-0.15, -0.1) is 10.2 Å². The Morgan fingerprint density at radius 1 is 1.17 bits per heavy atom. The smallest absolute Gasteiger partial charge is 0.228 e. The quantitative estimate of drug-likeness (QED) is 0.825. The molecule has 2 aromatic rings.